The zero-order chi connectivity index (χ0) is 19.4. The van der Waals surface area contributed by atoms with Gasteiger partial charge in [-0.05, 0) is 60.3 Å². The lowest BCUT2D eigenvalue weighted by Crippen LogP contribution is -1.97. The lowest BCUT2D eigenvalue weighted by Gasteiger charge is -2.01. The molecule has 0 aliphatic rings. The minimum absolute atomic E-state index is 0.0323. The second-order valence-corrected chi connectivity index (χ2v) is 7.09. The van der Waals surface area contributed by atoms with Crippen LogP contribution < -0.4 is 4.74 Å². The molecule has 1 aromatic heterocycles. The number of carbonyl (C=O) groups is 1. The molecule has 0 saturated carbocycles. The van der Waals surface area contributed by atoms with Crippen molar-refractivity contribution in [3.8, 4) is 17.2 Å². The normalized spacial score (nSPS) is 11.4. The van der Waals surface area contributed by atoms with Crippen LogP contribution in [-0.4, -0.2) is 28.4 Å². The molecule has 0 spiro atoms. The van der Waals surface area contributed by atoms with Crippen molar-refractivity contribution >= 4 is 39.7 Å². The molecule has 0 amide bonds. The van der Waals surface area contributed by atoms with Crippen molar-refractivity contribution in [2.45, 2.75) is 5.22 Å². The fourth-order valence-corrected chi connectivity index (χ4v) is 3.14. The van der Waals surface area contributed by atoms with Crippen LogP contribution in [0.4, 0.5) is 4.39 Å². The molecule has 6 nitrogen and oxygen atoms in total. The van der Waals surface area contributed by atoms with Crippen LogP contribution in [-0.2, 0) is 4.79 Å². The number of nitrogens with zero attached hydrogens (tertiary/aromatic N) is 2. The first kappa shape index (κ1) is 19.1. The van der Waals surface area contributed by atoms with Crippen molar-refractivity contribution in [2.24, 2.45) is 0 Å². The van der Waals surface area contributed by atoms with Crippen molar-refractivity contribution in [2.75, 3.05) is 7.11 Å². The van der Waals surface area contributed by atoms with E-state index in [9.17, 15) is 14.3 Å². The molecule has 0 aliphatic carbocycles. The van der Waals surface area contributed by atoms with Gasteiger partial charge < -0.3 is 14.3 Å². The van der Waals surface area contributed by atoms with E-state index in [1.807, 2.05) is 0 Å². The SMILES string of the molecule is COc1ccc(-c2nnc(SC(=Cc3cc(Br)ccc3F)C(=O)O)o2)cc1. The fraction of sp³-hybridized carbons (Fsp3) is 0.0556. The zero-order valence-electron chi connectivity index (χ0n) is 13.8. The Morgan fingerprint density at radius 1 is 1.26 bits per heavy atom. The van der Waals surface area contributed by atoms with Gasteiger partial charge in [0.05, 0.1) is 7.11 Å². The van der Waals surface area contributed by atoms with E-state index in [1.54, 1.807) is 31.4 Å². The highest BCUT2D eigenvalue weighted by Gasteiger charge is 2.17. The standard InChI is InChI=1S/C18H12BrFN2O4S/c1-25-13-5-2-10(3-6-13)16-21-22-18(26-16)27-15(17(23)24)9-11-8-12(19)4-7-14(11)20/h2-9H,1H3,(H,23,24). The second kappa shape index (κ2) is 8.36. The largest absolute Gasteiger partial charge is 0.497 e. The van der Waals surface area contributed by atoms with E-state index in [-0.39, 0.29) is 21.6 Å². The van der Waals surface area contributed by atoms with Gasteiger partial charge in [-0.25, -0.2) is 9.18 Å². The van der Waals surface area contributed by atoms with E-state index in [0.29, 0.717) is 15.8 Å². The summed E-state index contributed by atoms with van der Waals surface area (Å²) in [4.78, 5) is 11.4. The first-order valence-electron chi connectivity index (χ1n) is 7.52. The van der Waals surface area contributed by atoms with Crippen LogP contribution in [0.1, 0.15) is 5.56 Å². The van der Waals surface area contributed by atoms with Crippen LogP contribution in [0.5, 0.6) is 5.75 Å². The Bertz CT molecular complexity index is 1000. The smallest absolute Gasteiger partial charge is 0.342 e. The molecule has 0 atom stereocenters. The van der Waals surface area contributed by atoms with E-state index in [1.165, 1.54) is 24.3 Å². The van der Waals surface area contributed by atoms with E-state index >= 15 is 0 Å². The maximum atomic E-state index is 13.9. The molecule has 0 aliphatic heterocycles. The molecule has 2 aromatic carbocycles. The summed E-state index contributed by atoms with van der Waals surface area (Å²) >= 11 is 3.97. The summed E-state index contributed by atoms with van der Waals surface area (Å²) in [5.41, 5.74) is 0.790. The van der Waals surface area contributed by atoms with Crippen molar-refractivity contribution in [1.82, 2.24) is 10.2 Å². The summed E-state index contributed by atoms with van der Waals surface area (Å²) in [5.74, 6) is -0.857. The Balaban J connectivity index is 1.85. The van der Waals surface area contributed by atoms with E-state index in [2.05, 4.69) is 26.1 Å². The first-order valence-corrected chi connectivity index (χ1v) is 9.13. The molecule has 0 fully saturated rings. The summed E-state index contributed by atoms with van der Waals surface area (Å²) in [6, 6.07) is 11.2. The van der Waals surface area contributed by atoms with Gasteiger partial charge in [0, 0.05) is 15.6 Å². The van der Waals surface area contributed by atoms with Crippen LogP contribution in [0.3, 0.4) is 0 Å². The number of ether oxygens (including phenoxy) is 1. The fourth-order valence-electron chi connectivity index (χ4n) is 2.10. The number of thioether (sulfide) groups is 1. The highest BCUT2D eigenvalue weighted by atomic mass is 79.9. The highest BCUT2D eigenvalue weighted by molar-refractivity contribution is 9.10. The number of aromatic nitrogens is 2. The third-order valence-electron chi connectivity index (χ3n) is 3.40. The summed E-state index contributed by atoms with van der Waals surface area (Å²) in [6.45, 7) is 0. The maximum Gasteiger partial charge on any atom is 0.342 e. The molecular weight excluding hydrogens is 439 g/mol. The van der Waals surface area contributed by atoms with Crippen molar-refractivity contribution < 1.29 is 23.4 Å². The molecule has 0 radical (unpaired) electrons. The van der Waals surface area contributed by atoms with Gasteiger partial charge in [-0.2, -0.15) is 0 Å². The Hall–Kier alpha value is -2.65. The van der Waals surface area contributed by atoms with Crippen LogP contribution in [0.25, 0.3) is 17.5 Å². The molecule has 138 valence electrons. The van der Waals surface area contributed by atoms with Crippen molar-refractivity contribution in [1.29, 1.82) is 0 Å². The number of hydrogen-bond acceptors (Lipinski definition) is 6. The van der Waals surface area contributed by atoms with Gasteiger partial charge in [0.25, 0.3) is 5.22 Å². The molecule has 3 rings (SSSR count). The predicted octanol–water partition coefficient (Wildman–Crippen LogP) is 4.86. The van der Waals surface area contributed by atoms with Gasteiger partial charge in [-0.3, -0.25) is 0 Å². The van der Waals surface area contributed by atoms with E-state index in [4.69, 9.17) is 9.15 Å². The maximum absolute atomic E-state index is 13.9. The zero-order valence-corrected chi connectivity index (χ0v) is 16.3. The van der Waals surface area contributed by atoms with Gasteiger partial charge in [-0.1, -0.05) is 15.9 Å². The van der Waals surface area contributed by atoms with Crippen molar-refractivity contribution in [3.63, 3.8) is 0 Å². The monoisotopic (exact) mass is 450 g/mol. The number of carboxylic acid groups (broad SMARTS) is 1. The summed E-state index contributed by atoms with van der Waals surface area (Å²) in [6.07, 6.45) is 1.21. The molecule has 1 N–H and O–H groups in total. The lowest BCUT2D eigenvalue weighted by atomic mass is 10.2. The Kier molecular flexibility index (Phi) is 5.92. The highest BCUT2D eigenvalue weighted by Crippen LogP contribution is 2.31. The number of hydrogen-bond donors (Lipinski definition) is 1. The van der Waals surface area contributed by atoms with E-state index in [0.717, 1.165) is 11.8 Å². The van der Waals surface area contributed by atoms with Crippen molar-refractivity contribution in [3.05, 3.63) is 63.2 Å². The lowest BCUT2D eigenvalue weighted by molar-refractivity contribution is -0.131. The second-order valence-electron chi connectivity index (χ2n) is 5.18. The van der Waals surface area contributed by atoms with Gasteiger partial charge >= 0.3 is 5.97 Å². The number of halogens is 2. The minimum atomic E-state index is -1.23. The van der Waals surface area contributed by atoms with Gasteiger partial charge in [0.15, 0.2) is 0 Å². The van der Waals surface area contributed by atoms with Crippen LogP contribution in [0.2, 0.25) is 0 Å². The third kappa shape index (κ3) is 4.75. The number of methoxy groups -OCH3 is 1. The molecule has 9 heteroatoms. The minimum Gasteiger partial charge on any atom is -0.497 e. The predicted molar refractivity (Wildman–Crippen MR) is 102 cm³/mol. The molecule has 1 heterocycles. The summed E-state index contributed by atoms with van der Waals surface area (Å²) in [5, 5.41) is 17.2. The summed E-state index contributed by atoms with van der Waals surface area (Å²) < 4.78 is 25.1. The average Bonchev–Trinajstić information content (AvgIpc) is 3.12. The molecule has 0 bridgehead atoms. The third-order valence-corrected chi connectivity index (χ3v) is 4.74. The van der Waals surface area contributed by atoms with Crippen LogP contribution in [0.15, 0.2) is 61.5 Å². The Labute approximate surface area is 166 Å². The number of aliphatic carboxylic acids is 1. The Morgan fingerprint density at radius 3 is 2.67 bits per heavy atom. The number of carboxylic acids is 1. The number of rotatable bonds is 6. The number of benzene rings is 2. The molecule has 0 unspecified atom stereocenters. The van der Waals surface area contributed by atoms with E-state index < -0.39 is 11.8 Å². The first-order chi connectivity index (χ1) is 13.0. The Morgan fingerprint density at radius 2 is 2.00 bits per heavy atom. The van der Waals surface area contributed by atoms with Crippen LogP contribution in [0, 0.1) is 5.82 Å². The topological polar surface area (TPSA) is 85.5 Å². The van der Waals surface area contributed by atoms with Crippen LogP contribution >= 0.6 is 27.7 Å². The molecular formula is C18H12BrFN2O4S. The van der Waals surface area contributed by atoms with Gasteiger partial charge in [0.2, 0.25) is 5.89 Å². The quantitative estimate of drug-likeness (QED) is 0.423. The molecule has 0 saturated heterocycles. The summed E-state index contributed by atoms with van der Waals surface area (Å²) in [7, 11) is 1.56. The van der Waals surface area contributed by atoms with Gasteiger partial charge in [-0.15, -0.1) is 10.2 Å². The van der Waals surface area contributed by atoms with Gasteiger partial charge in [0.1, 0.15) is 16.5 Å². The molecule has 27 heavy (non-hydrogen) atoms. The average molecular weight is 451 g/mol. The molecule has 3 aromatic rings.